The van der Waals surface area contributed by atoms with Gasteiger partial charge in [-0.25, -0.2) is 4.79 Å². The molecule has 0 radical (unpaired) electrons. The van der Waals surface area contributed by atoms with E-state index in [0.717, 1.165) is 22.6 Å². The smallest absolute Gasteiger partial charge is 0.273 e. The fourth-order valence-corrected chi connectivity index (χ4v) is 2.05. The lowest BCUT2D eigenvalue weighted by Gasteiger charge is -2.35. The molecule has 5 heteroatoms. The maximum atomic E-state index is 11.9. The van der Waals surface area contributed by atoms with Crippen molar-refractivity contribution >= 4 is 17.8 Å². The molecule has 0 aromatic carbocycles. The van der Waals surface area contributed by atoms with Gasteiger partial charge in [0.05, 0.1) is 0 Å². The molecule has 1 atom stereocenters. The van der Waals surface area contributed by atoms with Gasteiger partial charge < -0.3 is 0 Å². The fraction of sp³-hybridized carbons (Fsp3) is 0.727. The number of amides is 4. The first-order valence-corrected chi connectivity index (χ1v) is 5.50. The van der Waals surface area contributed by atoms with Gasteiger partial charge in [-0.15, -0.1) is 0 Å². The molecule has 0 bridgehead atoms. The van der Waals surface area contributed by atoms with Crippen LogP contribution in [0.3, 0.4) is 0 Å². The molecular weight excluding hydrogens is 208 g/mol. The van der Waals surface area contributed by atoms with Crippen LogP contribution in [0.2, 0.25) is 0 Å². The SMILES string of the molecule is CCCC(C)C1C(=O)N(C)C(=O)N(C)C1=O. The third-order valence-corrected chi connectivity index (χ3v) is 3.08. The lowest BCUT2D eigenvalue weighted by molar-refractivity contribution is -0.150. The Hall–Kier alpha value is -1.39. The summed E-state index contributed by atoms with van der Waals surface area (Å²) in [7, 11) is 2.83. The van der Waals surface area contributed by atoms with Crippen molar-refractivity contribution in [3.63, 3.8) is 0 Å². The van der Waals surface area contributed by atoms with Crippen LogP contribution in [0.15, 0.2) is 0 Å². The van der Waals surface area contributed by atoms with Gasteiger partial charge in [0.1, 0.15) is 5.92 Å². The molecule has 0 saturated carbocycles. The summed E-state index contributed by atoms with van der Waals surface area (Å²) in [5, 5.41) is 0. The van der Waals surface area contributed by atoms with Gasteiger partial charge in [0.15, 0.2) is 0 Å². The highest BCUT2D eigenvalue weighted by atomic mass is 16.2. The fourth-order valence-electron chi connectivity index (χ4n) is 2.05. The largest absolute Gasteiger partial charge is 0.332 e. The molecule has 90 valence electrons. The second-order valence-corrected chi connectivity index (χ2v) is 4.32. The quantitative estimate of drug-likeness (QED) is 0.677. The van der Waals surface area contributed by atoms with Crippen LogP contribution >= 0.6 is 0 Å². The Morgan fingerprint density at radius 1 is 1.12 bits per heavy atom. The first kappa shape index (κ1) is 12.7. The summed E-state index contributed by atoms with van der Waals surface area (Å²) in [6, 6.07) is -0.546. The molecule has 1 aliphatic rings. The van der Waals surface area contributed by atoms with Gasteiger partial charge in [0, 0.05) is 14.1 Å². The molecule has 1 aliphatic heterocycles. The van der Waals surface area contributed by atoms with Crippen molar-refractivity contribution in [3.05, 3.63) is 0 Å². The van der Waals surface area contributed by atoms with Gasteiger partial charge in [0.25, 0.3) is 0 Å². The zero-order chi connectivity index (χ0) is 12.5. The standard InChI is InChI=1S/C11H18N2O3/c1-5-6-7(2)8-9(14)12(3)11(16)13(4)10(8)15/h7-8H,5-6H2,1-4H3. The Labute approximate surface area is 95.4 Å². The number of imide groups is 2. The summed E-state index contributed by atoms with van der Waals surface area (Å²) >= 11 is 0. The minimum atomic E-state index is -0.701. The van der Waals surface area contributed by atoms with Crippen LogP contribution in [0.1, 0.15) is 26.7 Å². The van der Waals surface area contributed by atoms with Crippen LogP contribution < -0.4 is 0 Å². The molecule has 1 rings (SSSR count). The Balaban J connectivity index is 2.95. The molecular formula is C11H18N2O3. The van der Waals surface area contributed by atoms with E-state index in [1.54, 1.807) is 0 Å². The molecule has 5 nitrogen and oxygen atoms in total. The zero-order valence-corrected chi connectivity index (χ0v) is 10.2. The number of carbonyl (C=O) groups excluding carboxylic acids is 3. The van der Waals surface area contributed by atoms with Crippen LogP contribution in [0.25, 0.3) is 0 Å². The number of barbiturate groups is 1. The summed E-state index contributed by atoms with van der Waals surface area (Å²) in [6.45, 7) is 3.88. The molecule has 1 heterocycles. The maximum absolute atomic E-state index is 11.9. The predicted octanol–water partition coefficient (Wildman–Crippen LogP) is 1.09. The molecule has 4 amide bonds. The average molecular weight is 226 g/mol. The molecule has 0 aromatic rings. The number of hydrogen-bond donors (Lipinski definition) is 0. The summed E-state index contributed by atoms with van der Waals surface area (Å²) in [5.41, 5.74) is 0. The monoisotopic (exact) mass is 226 g/mol. The lowest BCUT2D eigenvalue weighted by atomic mass is 9.87. The van der Waals surface area contributed by atoms with Crippen molar-refractivity contribution in [1.29, 1.82) is 0 Å². The van der Waals surface area contributed by atoms with Gasteiger partial charge in [-0.2, -0.15) is 0 Å². The van der Waals surface area contributed by atoms with Crippen LogP contribution in [-0.4, -0.2) is 41.7 Å². The lowest BCUT2D eigenvalue weighted by Crippen LogP contribution is -2.58. The van der Waals surface area contributed by atoms with E-state index in [0.29, 0.717) is 0 Å². The number of hydrogen-bond acceptors (Lipinski definition) is 3. The van der Waals surface area contributed by atoms with Crippen molar-refractivity contribution in [3.8, 4) is 0 Å². The van der Waals surface area contributed by atoms with Crippen molar-refractivity contribution in [2.24, 2.45) is 11.8 Å². The Morgan fingerprint density at radius 2 is 1.56 bits per heavy atom. The van der Waals surface area contributed by atoms with Crippen molar-refractivity contribution in [2.45, 2.75) is 26.7 Å². The van der Waals surface area contributed by atoms with Gasteiger partial charge >= 0.3 is 6.03 Å². The van der Waals surface area contributed by atoms with Gasteiger partial charge in [-0.1, -0.05) is 20.3 Å². The Morgan fingerprint density at radius 3 is 1.94 bits per heavy atom. The number of urea groups is 1. The van der Waals surface area contributed by atoms with E-state index in [9.17, 15) is 14.4 Å². The van der Waals surface area contributed by atoms with Crippen LogP contribution in [0.5, 0.6) is 0 Å². The minimum Gasteiger partial charge on any atom is -0.273 e. The molecule has 16 heavy (non-hydrogen) atoms. The van der Waals surface area contributed by atoms with E-state index in [1.165, 1.54) is 14.1 Å². The second kappa shape index (κ2) is 4.63. The predicted molar refractivity (Wildman–Crippen MR) is 58.5 cm³/mol. The zero-order valence-electron chi connectivity index (χ0n) is 10.2. The summed E-state index contributed by atoms with van der Waals surface area (Å²) < 4.78 is 0. The second-order valence-electron chi connectivity index (χ2n) is 4.32. The highest BCUT2D eigenvalue weighted by Crippen LogP contribution is 2.25. The first-order chi connectivity index (χ1) is 7.41. The summed E-state index contributed by atoms with van der Waals surface area (Å²) in [5.74, 6) is -1.49. The van der Waals surface area contributed by atoms with Gasteiger partial charge in [-0.05, 0) is 12.3 Å². The van der Waals surface area contributed by atoms with E-state index in [-0.39, 0.29) is 17.7 Å². The number of nitrogens with zero attached hydrogens (tertiary/aromatic N) is 2. The number of carbonyl (C=O) groups is 3. The Kier molecular flexibility index (Phi) is 3.67. The molecule has 0 aromatic heterocycles. The van der Waals surface area contributed by atoms with Gasteiger partial charge in [-0.3, -0.25) is 19.4 Å². The molecule has 0 aliphatic carbocycles. The highest BCUT2D eigenvalue weighted by Gasteiger charge is 2.44. The normalized spacial score (nSPS) is 20.6. The van der Waals surface area contributed by atoms with E-state index in [2.05, 4.69) is 0 Å². The van der Waals surface area contributed by atoms with Crippen molar-refractivity contribution < 1.29 is 14.4 Å². The first-order valence-electron chi connectivity index (χ1n) is 5.50. The van der Waals surface area contributed by atoms with E-state index < -0.39 is 11.9 Å². The molecule has 1 unspecified atom stereocenters. The average Bonchev–Trinajstić information content (AvgIpc) is 2.24. The highest BCUT2D eigenvalue weighted by molar-refractivity contribution is 6.15. The van der Waals surface area contributed by atoms with Crippen LogP contribution in [0, 0.1) is 11.8 Å². The van der Waals surface area contributed by atoms with E-state index >= 15 is 0 Å². The van der Waals surface area contributed by atoms with Crippen LogP contribution in [0.4, 0.5) is 4.79 Å². The van der Waals surface area contributed by atoms with Crippen LogP contribution in [-0.2, 0) is 9.59 Å². The topological polar surface area (TPSA) is 57.7 Å². The van der Waals surface area contributed by atoms with Crippen molar-refractivity contribution in [1.82, 2.24) is 9.80 Å². The van der Waals surface area contributed by atoms with Gasteiger partial charge in [0.2, 0.25) is 11.8 Å². The van der Waals surface area contributed by atoms with Crippen molar-refractivity contribution in [2.75, 3.05) is 14.1 Å². The van der Waals surface area contributed by atoms with E-state index in [1.807, 2.05) is 13.8 Å². The third kappa shape index (κ3) is 1.94. The number of rotatable bonds is 3. The molecule has 1 fully saturated rings. The maximum Gasteiger partial charge on any atom is 0.332 e. The van der Waals surface area contributed by atoms with E-state index in [4.69, 9.17) is 0 Å². The molecule has 0 N–H and O–H groups in total. The molecule has 0 spiro atoms. The summed E-state index contributed by atoms with van der Waals surface area (Å²) in [6.07, 6.45) is 1.72. The Bertz CT molecular complexity index is 303. The third-order valence-electron chi connectivity index (χ3n) is 3.08. The summed E-state index contributed by atoms with van der Waals surface area (Å²) in [4.78, 5) is 37.3. The molecule has 1 saturated heterocycles. The minimum absolute atomic E-state index is 0.0250.